The molecule has 0 bridgehead atoms. The highest BCUT2D eigenvalue weighted by Gasteiger charge is 2.39. The zero-order valence-corrected chi connectivity index (χ0v) is 9.24. The average molecular weight is 260 g/mol. The number of aliphatic hydroxyl groups is 3. The molecular weight excluding hydrogens is 248 g/mol. The van der Waals surface area contributed by atoms with Crippen LogP contribution >= 0.6 is 0 Å². The Kier molecular flexibility index (Phi) is 4.67. The standard InChI is InChI=1S/C10H12O8/c11-3-1-2-6(13)17-4-5(12)9-7(14)8(15)10(16)18-9/h3,5,9,12,14-15H,1-2,4H2. The third-order valence-electron chi connectivity index (χ3n) is 2.17. The average Bonchev–Trinajstić information content (AvgIpc) is 2.61. The number of hydrogen-bond acceptors (Lipinski definition) is 8. The largest absolute Gasteiger partial charge is 0.505 e. The minimum absolute atomic E-state index is 0.000710. The summed E-state index contributed by atoms with van der Waals surface area (Å²) in [7, 11) is 0. The zero-order valence-electron chi connectivity index (χ0n) is 9.24. The molecule has 8 heteroatoms. The van der Waals surface area contributed by atoms with Gasteiger partial charge in [0.05, 0.1) is 6.42 Å². The zero-order chi connectivity index (χ0) is 13.7. The number of esters is 2. The molecule has 1 aliphatic heterocycles. The van der Waals surface area contributed by atoms with Crippen molar-refractivity contribution in [3.63, 3.8) is 0 Å². The third kappa shape index (κ3) is 3.20. The summed E-state index contributed by atoms with van der Waals surface area (Å²) in [6.45, 7) is -0.535. The van der Waals surface area contributed by atoms with Crippen LogP contribution < -0.4 is 0 Å². The molecule has 8 nitrogen and oxygen atoms in total. The van der Waals surface area contributed by atoms with Crippen molar-refractivity contribution in [2.24, 2.45) is 0 Å². The molecule has 3 N–H and O–H groups in total. The van der Waals surface area contributed by atoms with E-state index in [0.29, 0.717) is 6.29 Å². The second kappa shape index (κ2) is 6.01. The van der Waals surface area contributed by atoms with E-state index in [0.717, 1.165) is 0 Å². The molecule has 0 saturated heterocycles. The van der Waals surface area contributed by atoms with Crippen molar-refractivity contribution in [2.45, 2.75) is 25.0 Å². The summed E-state index contributed by atoms with van der Waals surface area (Å²) in [6.07, 6.45) is -2.55. The molecule has 0 saturated carbocycles. The van der Waals surface area contributed by atoms with E-state index < -0.39 is 42.3 Å². The van der Waals surface area contributed by atoms with E-state index >= 15 is 0 Å². The molecule has 0 fully saturated rings. The monoisotopic (exact) mass is 260 g/mol. The Morgan fingerprint density at radius 1 is 1.50 bits per heavy atom. The van der Waals surface area contributed by atoms with Crippen LogP contribution in [0.4, 0.5) is 0 Å². The lowest BCUT2D eigenvalue weighted by atomic mass is 10.2. The molecular formula is C10H12O8. The number of aliphatic hydroxyl groups excluding tert-OH is 3. The molecule has 0 aromatic heterocycles. The van der Waals surface area contributed by atoms with Crippen LogP contribution in [0.2, 0.25) is 0 Å². The first-order valence-corrected chi connectivity index (χ1v) is 5.07. The first-order chi connectivity index (χ1) is 8.47. The van der Waals surface area contributed by atoms with Gasteiger partial charge in [-0.1, -0.05) is 0 Å². The van der Waals surface area contributed by atoms with Gasteiger partial charge >= 0.3 is 11.9 Å². The minimum atomic E-state index is -1.50. The van der Waals surface area contributed by atoms with Crippen LogP contribution in [0.5, 0.6) is 0 Å². The number of aldehydes is 1. The molecule has 0 amide bonds. The maximum Gasteiger partial charge on any atom is 0.377 e. The Bertz CT molecular complexity index is 385. The number of ether oxygens (including phenoxy) is 2. The van der Waals surface area contributed by atoms with Gasteiger partial charge in [-0.05, 0) is 0 Å². The fourth-order valence-electron chi connectivity index (χ4n) is 1.24. The first-order valence-electron chi connectivity index (χ1n) is 5.07. The Labute approximate surface area is 101 Å². The van der Waals surface area contributed by atoms with E-state index in [1.165, 1.54) is 0 Å². The highest BCUT2D eigenvalue weighted by molar-refractivity contribution is 5.89. The van der Waals surface area contributed by atoms with Crippen LogP contribution in [-0.2, 0) is 23.9 Å². The van der Waals surface area contributed by atoms with Gasteiger partial charge in [-0.15, -0.1) is 0 Å². The van der Waals surface area contributed by atoms with Crippen LogP contribution in [-0.4, -0.2) is 52.4 Å². The molecule has 0 aromatic rings. The summed E-state index contributed by atoms with van der Waals surface area (Å²) in [4.78, 5) is 31.8. The van der Waals surface area contributed by atoms with Crippen molar-refractivity contribution < 1.29 is 39.2 Å². The normalized spacial score (nSPS) is 20.5. The third-order valence-corrected chi connectivity index (χ3v) is 2.17. The molecule has 2 atom stereocenters. The highest BCUT2D eigenvalue weighted by Crippen LogP contribution is 2.21. The molecule has 100 valence electrons. The molecule has 0 aromatic carbocycles. The summed E-state index contributed by atoms with van der Waals surface area (Å²) >= 11 is 0. The summed E-state index contributed by atoms with van der Waals surface area (Å²) in [5.41, 5.74) is 0. The second-order valence-electron chi connectivity index (χ2n) is 3.52. The van der Waals surface area contributed by atoms with Crippen LogP contribution in [0, 0.1) is 0 Å². The summed E-state index contributed by atoms with van der Waals surface area (Å²) < 4.78 is 9.03. The molecule has 0 radical (unpaired) electrons. The van der Waals surface area contributed by atoms with Crippen molar-refractivity contribution in [1.29, 1.82) is 0 Å². The quantitative estimate of drug-likeness (QED) is 0.414. The van der Waals surface area contributed by atoms with Gasteiger partial charge in [0.25, 0.3) is 0 Å². The lowest BCUT2D eigenvalue weighted by Crippen LogP contribution is -2.33. The lowest BCUT2D eigenvalue weighted by molar-refractivity contribution is -0.154. The van der Waals surface area contributed by atoms with Crippen molar-refractivity contribution >= 4 is 18.2 Å². The smallest absolute Gasteiger partial charge is 0.377 e. The Morgan fingerprint density at radius 2 is 2.17 bits per heavy atom. The summed E-state index contributed by atoms with van der Waals surface area (Å²) in [6, 6.07) is 0. The van der Waals surface area contributed by atoms with Crippen molar-refractivity contribution in [2.75, 3.05) is 6.61 Å². The summed E-state index contributed by atoms with van der Waals surface area (Å²) in [5.74, 6) is -3.66. The van der Waals surface area contributed by atoms with E-state index in [1.54, 1.807) is 0 Å². The maximum absolute atomic E-state index is 11.0. The fourth-order valence-corrected chi connectivity index (χ4v) is 1.24. The van der Waals surface area contributed by atoms with E-state index in [1.807, 2.05) is 0 Å². The van der Waals surface area contributed by atoms with Gasteiger partial charge in [-0.2, -0.15) is 0 Å². The van der Waals surface area contributed by atoms with Crippen LogP contribution in [0.15, 0.2) is 11.5 Å². The van der Waals surface area contributed by atoms with Gasteiger partial charge in [0.15, 0.2) is 11.9 Å². The van der Waals surface area contributed by atoms with Crippen molar-refractivity contribution in [3.8, 4) is 0 Å². The maximum atomic E-state index is 11.0. The van der Waals surface area contributed by atoms with Gasteiger partial charge in [0.2, 0.25) is 5.76 Å². The van der Waals surface area contributed by atoms with E-state index in [9.17, 15) is 24.6 Å². The van der Waals surface area contributed by atoms with Crippen LogP contribution in [0.3, 0.4) is 0 Å². The van der Waals surface area contributed by atoms with Gasteiger partial charge in [-0.3, -0.25) is 4.79 Å². The SMILES string of the molecule is O=CCCC(=O)OCC(O)C1OC(=O)C(O)=C1O. The molecule has 0 spiro atoms. The molecule has 1 rings (SSSR count). The predicted octanol–water partition coefficient (Wildman–Crippen LogP) is -0.877. The van der Waals surface area contributed by atoms with E-state index in [4.69, 9.17) is 5.11 Å². The Balaban J connectivity index is 2.43. The number of rotatable bonds is 6. The number of carbonyl (C=O) groups excluding carboxylic acids is 3. The predicted molar refractivity (Wildman–Crippen MR) is 54.4 cm³/mol. The topological polar surface area (TPSA) is 130 Å². The van der Waals surface area contributed by atoms with Crippen LogP contribution in [0.25, 0.3) is 0 Å². The Morgan fingerprint density at radius 3 is 2.67 bits per heavy atom. The Hall–Kier alpha value is -2.09. The van der Waals surface area contributed by atoms with E-state index in [-0.39, 0.29) is 12.8 Å². The molecule has 2 unspecified atom stereocenters. The van der Waals surface area contributed by atoms with Gasteiger partial charge in [0, 0.05) is 6.42 Å². The van der Waals surface area contributed by atoms with Crippen LogP contribution in [0.1, 0.15) is 12.8 Å². The van der Waals surface area contributed by atoms with Crippen molar-refractivity contribution in [3.05, 3.63) is 11.5 Å². The molecule has 1 heterocycles. The van der Waals surface area contributed by atoms with Gasteiger partial charge in [0.1, 0.15) is 19.0 Å². The minimum Gasteiger partial charge on any atom is -0.505 e. The number of cyclic esters (lactones) is 1. The number of hydrogen-bond donors (Lipinski definition) is 3. The van der Waals surface area contributed by atoms with Crippen molar-refractivity contribution in [1.82, 2.24) is 0 Å². The molecule has 18 heavy (non-hydrogen) atoms. The fraction of sp³-hybridized carbons (Fsp3) is 0.500. The highest BCUT2D eigenvalue weighted by atomic mass is 16.6. The van der Waals surface area contributed by atoms with Gasteiger partial charge in [-0.25, -0.2) is 4.79 Å². The summed E-state index contributed by atoms with van der Waals surface area (Å²) in [5, 5.41) is 27.7. The molecule has 1 aliphatic rings. The molecule has 0 aliphatic carbocycles. The number of carbonyl (C=O) groups is 3. The second-order valence-corrected chi connectivity index (χ2v) is 3.52. The van der Waals surface area contributed by atoms with E-state index in [2.05, 4.69) is 9.47 Å². The van der Waals surface area contributed by atoms with Gasteiger partial charge < -0.3 is 29.6 Å². The first kappa shape index (κ1) is 14.0. The lowest BCUT2D eigenvalue weighted by Gasteiger charge is -2.16.